The van der Waals surface area contributed by atoms with E-state index in [9.17, 15) is 9.50 Å². The predicted octanol–water partition coefficient (Wildman–Crippen LogP) is 2.65. The van der Waals surface area contributed by atoms with Crippen LogP contribution < -0.4 is 9.47 Å². The summed E-state index contributed by atoms with van der Waals surface area (Å²) in [6, 6.07) is 7.38. The molecule has 2 aliphatic rings. The van der Waals surface area contributed by atoms with Crippen LogP contribution in [0.5, 0.6) is 11.9 Å². The zero-order valence-corrected chi connectivity index (χ0v) is 15.6. The summed E-state index contributed by atoms with van der Waals surface area (Å²) in [6.45, 7) is 0.766. The Bertz CT molecular complexity index is 801. The SMILES string of the molecule is COc1ncc(C2(O)C[C@H]3CC[C@H](C2)N3Cc2ccc(F)cc2)c(OC)n1. The van der Waals surface area contributed by atoms with Gasteiger partial charge < -0.3 is 14.6 Å². The number of fused-ring (bicyclic) bond motifs is 2. The van der Waals surface area contributed by atoms with Crippen molar-refractivity contribution in [2.24, 2.45) is 0 Å². The van der Waals surface area contributed by atoms with Crippen LogP contribution >= 0.6 is 0 Å². The summed E-state index contributed by atoms with van der Waals surface area (Å²) in [5.74, 6) is 0.136. The first-order valence-corrected chi connectivity index (χ1v) is 9.20. The summed E-state index contributed by atoms with van der Waals surface area (Å²) >= 11 is 0. The Labute approximate surface area is 158 Å². The largest absolute Gasteiger partial charge is 0.481 e. The summed E-state index contributed by atoms with van der Waals surface area (Å²) in [7, 11) is 3.03. The van der Waals surface area contributed by atoms with E-state index in [2.05, 4.69) is 14.9 Å². The van der Waals surface area contributed by atoms with Crippen molar-refractivity contribution in [3.8, 4) is 11.9 Å². The maximum atomic E-state index is 13.2. The maximum Gasteiger partial charge on any atom is 0.319 e. The molecule has 2 atom stereocenters. The fraction of sp³-hybridized carbons (Fsp3) is 0.500. The van der Waals surface area contributed by atoms with Crippen LogP contribution in [0.4, 0.5) is 4.39 Å². The van der Waals surface area contributed by atoms with E-state index >= 15 is 0 Å². The van der Waals surface area contributed by atoms with Crippen molar-refractivity contribution in [2.75, 3.05) is 14.2 Å². The smallest absolute Gasteiger partial charge is 0.319 e. The van der Waals surface area contributed by atoms with Crippen LogP contribution in [0.15, 0.2) is 30.5 Å². The second-order valence-corrected chi connectivity index (χ2v) is 7.40. The third-order valence-electron chi connectivity index (χ3n) is 5.81. The van der Waals surface area contributed by atoms with Gasteiger partial charge in [-0.25, -0.2) is 9.37 Å². The number of methoxy groups -OCH3 is 2. The molecule has 1 N–H and O–H groups in total. The predicted molar refractivity (Wildman–Crippen MR) is 97.0 cm³/mol. The number of hydrogen-bond acceptors (Lipinski definition) is 6. The number of ether oxygens (including phenoxy) is 2. The summed E-state index contributed by atoms with van der Waals surface area (Å²) in [5.41, 5.74) is 0.677. The molecule has 0 radical (unpaired) electrons. The molecule has 7 heteroatoms. The molecule has 0 unspecified atom stereocenters. The monoisotopic (exact) mass is 373 g/mol. The molecule has 0 amide bonds. The number of piperidine rings is 1. The van der Waals surface area contributed by atoms with Crippen molar-refractivity contribution < 1.29 is 19.0 Å². The number of nitrogens with zero attached hydrogens (tertiary/aromatic N) is 3. The molecule has 2 fully saturated rings. The first kappa shape index (κ1) is 18.1. The molecule has 27 heavy (non-hydrogen) atoms. The standard InChI is InChI=1S/C20H24FN3O3/c1-26-18-17(11-22-19(23-18)27-2)20(25)9-15-7-8-16(10-20)24(15)12-13-3-5-14(21)6-4-13/h3-6,11,15-16,25H,7-10,12H2,1-2H3/t15-,16-/m1/s1. The van der Waals surface area contributed by atoms with E-state index in [0.29, 0.717) is 24.3 Å². The Hall–Kier alpha value is -2.25. The van der Waals surface area contributed by atoms with Crippen LogP contribution in [-0.2, 0) is 12.1 Å². The van der Waals surface area contributed by atoms with Crippen LogP contribution in [0.1, 0.15) is 36.8 Å². The lowest BCUT2D eigenvalue weighted by Crippen LogP contribution is -2.49. The zero-order valence-electron chi connectivity index (χ0n) is 15.6. The molecule has 2 aromatic rings. The fourth-order valence-electron chi connectivity index (χ4n) is 4.52. The van der Waals surface area contributed by atoms with Gasteiger partial charge in [0, 0.05) is 24.8 Å². The molecule has 2 aliphatic heterocycles. The number of hydrogen-bond donors (Lipinski definition) is 1. The van der Waals surface area contributed by atoms with Crippen LogP contribution in [0.3, 0.4) is 0 Å². The second kappa shape index (κ2) is 7.05. The minimum Gasteiger partial charge on any atom is -0.481 e. The van der Waals surface area contributed by atoms with Crippen LogP contribution in [0.25, 0.3) is 0 Å². The Kier molecular flexibility index (Phi) is 4.74. The molecule has 0 saturated carbocycles. The van der Waals surface area contributed by atoms with Crippen molar-refractivity contribution in [3.05, 3.63) is 47.4 Å². The number of benzene rings is 1. The van der Waals surface area contributed by atoms with Gasteiger partial charge in [-0.15, -0.1) is 0 Å². The minimum atomic E-state index is -1.03. The van der Waals surface area contributed by atoms with Gasteiger partial charge in [-0.3, -0.25) is 4.90 Å². The van der Waals surface area contributed by atoms with Crippen molar-refractivity contribution in [2.45, 2.75) is 49.9 Å². The highest BCUT2D eigenvalue weighted by molar-refractivity contribution is 5.33. The first-order valence-electron chi connectivity index (χ1n) is 9.20. The third-order valence-corrected chi connectivity index (χ3v) is 5.81. The van der Waals surface area contributed by atoms with E-state index in [1.165, 1.54) is 26.4 Å². The first-order chi connectivity index (χ1) is 13.0. The second-order valence-electron chi connectivity index (χ2n) is 7.40. The highest BCUT2D eigenvalue weighted by atomic mass is 19.1. The van der Waals surface area contributed by atoms with Crippen LogP contribution in [-0.4, -0.2) is 46.3 Å². The topological polar surface area (TPSA) is 67.7 Å². The average Bonchev–Trinajstić information content (AvgIpc) is 2.92. The van der Waals surface area contributed by atoms with Gasteiger partial charge in [-0.1, -0.05) is 12.1 Å². The molecular formula is C20H24FN3O3. The number of aromatic nitrogens is 2. The van der Waals surface area contributed by atoms with E-state index in [4.69, 9.17) is 9.47 Å². The summed E-state index contributed by atoms with van der Waals surface area (Å²) in [6.07, 6.45) is 4.87. The van der Waals surface area contributed by atoms with Crippen LogP contribution in [0, 0.1) is 5.82 Å². The molecule has 4 rings (SSSR count). The molecule has 2 bridgehead atoms. The van der Waals surface area contributed by atoms with Gasteiger partial charge in [-0.05, 0) is 43.4 Å². The minimum absolute atomic E-state index is 0.218. The quantitative estimate of drug-likeness (QED) is 0.869. The summed E-state index contributed by atoms with van der Waals surface area (Å²) in [5, 5.41) is 11.4. The fourth-order valence-corrected chi connectivity index (χ4v) is 4.52. The van der Waals surface area contributed by atoms with Crippen molar-refractivity contribution in [3.63, 3.8) is 0 Å². The van der Waals surface area contributed by atoms with Gasteiger partial charge in [-0.2, -0.15) is 4.98 Å². The molecule has 6 nitrogen and oxygen atoms in total. The van der Waals surface area contributed by atoms with E-state index in [1.807, 2.05) is 12.1 Å². The maximum absolute atomic E-state index is 13.2. The Morgan fingerprint density at radius 3 is 2.41 bits per heavy atom. The molecule has 144 valence electrons. The van der Waals surface area contributed by atoms with Gasteiger partial charge in [0.15, 0.2) is 0 Å². The highest BCUT2D eigenvalue weighted by Gasteiger charge is 2.49. The van der Waals surface area contributed by atoms with E-state index in [0.717, 1.165) is 24.9 Å². The number of aliphatic hydroxyl groups is 1. The van der Waals surface area contributed by atoms with E-state index in [-0.39, 0.29) is 23.9 Å². The molecule has 1 aromatic carbocycles. The van der Waals surface area contributed by atoms with Crippen molar-refractivity contribution >= 4 is 0 Å². The Morgan fingerprint density at radius 2 is 1.81 bits per heavy atom. The van der Waals surface area contributed by atoms with E-state index < -0.39 is 5.60 Å². The van der Waals surface area contributed by atoms with E-state index in [1.54, 1.807) is 6.20 Å². The van der Waals surface area contributed by atoms with Crippen LogP contribution in [0.2, 0.25) is 0 Å². The molecule has 3 heterocycles. The van der Waals surface area contributed by atoms with Crippen molar-refractivity contribution in [1.29, 1.82) is 0 Å². The van der Waals surface area contributed by atoms with Gasteiger partial charge >= 0.3 is 6.01 Å². The highest BCUT2D eigenvalue weighted by Crippen LogP contribution is 2.48. The molecule has 0 aliphatic carbocycles. The Balaban J connectivity index is 1.56. The number of halogens is 1. The molecule has 1 aromatic heterocycles. The lowest BCUT2D eigenvalue weighted by Gasteiger charge is -2.44. The van der Waals surface area contributed by atoms with Gasteiger partial charge in [0.25, 0.3) is 0 Å². The third kappa shape index (κ3) is 3.37. The van der Waals surface area contributed by atoms with Crippen molar-refractivity contribution in [1.82, 2.24) is 14.9 Å². The Morgan fingerprint density at radius 1 is 1.15 bits per heavy atom. The van der Waals surface area contributed by atoms with Gasteiger partial charge in [0.1, 0.15) is 5.82 Å². The lowest BCUT2D eigenvalue weighted by molar-refractivity contribution is -0.0612. The molecule has 2 saturated heterocycles. The summed E-state index contributed by atoms with van der Waals surface area (Å²) < 4.78 is 23.6. The summed E-state index contributed by atoms with van der Waals surface area (Å²) in [4.78, 5) is 10.8. The molecule has 0 spiro atoms. The van der Waals surface area contributed by atoms with Gasteiger partial charge in [0.05, 0.1) is 25.4 Å². The van der Waals surface area contributed by atoms with Gasteiger partial charge in [0.2, 0.25) is 5.88 Å². The number of rotatable bonds is 5. The normalized spacial score (nSPS) is 27.6. The molecular weight excluding hydrogens is 349 g/mol. The average molecular weight is 373 g/mol. The lowest BCUT2D eigenvalue weighted by atomic mass is 9.81. The zero-order chi connectivity index (χ0) is 19.0.